The van der Waals surface area contributed by atoms with E-state index in [9.17, 15) is 43.9 Å². The number of hydrogen-bond donors (Lipinski definition) is 7. The van der Waals surface area contributed by atoms with Crippen molar-refractivity contribution in [1.82, 2.24) is 31.5 Å². The number of ether oxygens (including phenoxy) is 1. The second-order valence-corrected chi connectivity index (χ2v) is 17.1. The van der Waals surface area contributed by atoms with E-state index in [0.717, 1.165) is 17.7 Å². The number of piperidine rings is 1. The number of nitrogens with one attached hydrogen (secondary N) is 5. The molecule has 0 radical (unpaired) electrons. The van der Waals surface area contributed by atoms with Crippen molar-refractivity contribution in [2.45, 2.75) is 63.6 Å². The highest BCUT2D eigenvalue weighted by Gasteiger charge is 2.44. The number of amides is 6. The summed E-state index contributed by atoms with van der Waals surface area (Å²) in [6, 6.07) is 28.3. The number of rotatable bonds is 13. The number of fused-ring (bicyclic) bond motifs is 3. The van der Waals surface area contributed by atoms with Gasteiger partial charge in [0.1, 0.15) is 12.1 Å². The van der Waals surface area contributed by atoms with Gasteiger partial charge in [-0.2, -0.15) is 5.26 Å². The Hall–Kier alpha value is -7.68. The molecule has 1 fully saturated rings. The van der Waals surface area contributed by atoms with Gasteiger partial charge in [-0.05, 0) is 70.7 Å². The molecule has 0 aromatic heterocycles. The first kappa shape index (κ1) is 50.7. The molecule has 2 bridgehead atoms. The van der Waals surface area contributed by atoms with Gasteiger partial charge in [-0.15, -0.1) is 0 Å². The third-order valence-electron chi connectivity index (χ3n) is 12.2. The maximum atomic E-state index is 14.9. The monoisotopic (exact) mass is 938 g/mol. The molecule has 2 aliphatic rings. The van der Waals surface area contributed by atoms with E-state index in [-0.39, 0.29) is 70.5 Å². The highest BCUT2D eigenvalue weighted by atomic mass is 16.5. The second kappa shape index (κ2) is 24.9. The normalized spacial score (nSPS) is 20.0. The van der Waals surface area contributed by atoms with Crippen LogP contribution in [0.3, 0.4) is 0 Å². The number of carboxylic acid groups (broad SMARTS) is 1. The Kier molecular flexibility index (Phi) is 18.3. The molecule has 4 aromatic rings. The second-order valence-electron chi connectivity index (χ2n) is 17.1. The van der Waals surface area contributed by atoms with Crippen molar-refractivity contribution in [2.24, 2.45) is 11.1 Å². The van der Waals surface area contributed by atoms with Crippen molar-refractivity contribution in [3.63, 3.8) is 0 Å². The number of aromatic carboxylic acids is 1. The summed E-state index contributed by atoms with van der Waals surface area (Å²) in [4.78, 5) is 96.7. The van der Waals surface area contributed by atoms with E-state index in [1.54, 1.807) is 60.7 Å². The molecule has 2 aliphatic heterocycles. The molecule has 360 valence electrons. The lowest BCUT2D eigenvalue weighted by Gasteiger charge is -2.42. The number of nitrogens with zero attached hydrogens (tertiary/aromatic N) is 2. The van der Waals surface area contributed by atoms with Crippen molar-refractivity contribution in [1.29, 1.82) is 5.26 Å². The Morgan fingerprint density at radius 3 is 2.35 bits per heavy atom. The molecule has 1 saturated heterocycles. The quantitative estimate of drug-likeness (QED) is 0.0959. The highest BCUT2D eigenvalue weighted by Crippen LogP contribution is 2.35. The van der Waals surface area contributed by atoms with Gasteiger partial charge >= 0.3 is 5.97 Å². The van der Waals surface area contributed by atoms with Gasteiger partial charge in [-0.1, -0.05) is 91.0 Å². The van der Waals surface area contributed by atoms with Crippen molar-refractivity contribution >= 4 is 41.4 Å². The molecule has 8 N–H and O–H groups in total. The number of nitriles is 1. The topological polar surface area (TPSA) is 262 Å². The van der Waals surface area contributed by atoms with E-state index >= 15 is 0 Å². The van der Waals surface area contributed by atoms with E-state index in [1.807, 2.05) is 36.4 Å². The Balaban J connectivity index is 1.32. The summed E-state index contributed by atoms with van der Waals surface area (Å²) in [6.45, 7) is 1.32. The van der Waals surface area contributed by atoms with Gasteiger partial charge < -0.3 is 47.1 Å². The van der Waals surface area contributed by atoms with Gasteiger partial charge in [0.15, 0.2) is 0 Å². The summed E-state index contributed by atoms with van der Waals surface area (Å²) in [6.07, 6.45) is 3.25. The first-order valence-electron chi connectivity index (χ1n) is 23.0. The van der Waals surface area contributed by atoms with E-state index < -0.39 is 58.9 Å². The van der Waals surface area contributed by atoms with Gasteiger partial charge in [0.05, 0.1) is 43.1 Å². The van der Waals surface area contributed by atoms with Crippen LogP contribution in [0.2, 0.25) is 0 Å². The predicted octanol–water partition coefficient (Wildman–Crippen LogP) is 2.51. The molecule has 3 atom stereocenters. The lowest BCUT2D eigenvalue weighted by atomic mass is 9.74. The van der Waals surface area contributed by atoms with E-state index in [0.29, 0.717) is 65.9 Å². The molecule has 17 nitrogen and oxygen atoms in total. The molecule has 0 aliphatic carbocycles. The van der Waals surface area contributed by atoms with Crippen LogP contribution in [0, 0.1) is 16.7 Å². The third kappa shape index (κ3) is 14.4. The molecular formula is C52H58N8O9. The van der Waals surface area contributed by atoms with Crippen molar-refractivity contribution in [2.75, 3.05) is 45.9 Å². The molecule has 0 unspecified atom stereocenters. The van der Waals surface area contributed by atoms with Gasteiger partial charge in [-0.25, -0.2) is 4.79 Å². The lowest BCUT2D eigenvalue weighted by Crippen LogP contribution is -2.58. The van der Waals surface area contributed by atoms with E-state index in [1.165, 1.54) is 11.0 Å². The van der Waals surface area contributed by atoms with Crippen molar-refractivity contribution in [3.8, 4) is 17.2 Å². The minimum absolute atomic E-state index is 0.00811. The number of carbonyl (C=O) groups is 7. The molecule has 6 rings (SSSR count). The van der Waals surface area contributed by atoms with E-state index in [2.05, 4.69) is 26.6 Å². The first-order chi connectivity index (χ1) is 33.4. The zero-order valence-corrected chi connectivity index (χ0v) is 38.3. The molecule has 2 heterocycles. The van der Waals surface area contributed by atoms with Crippen LogP contribution >= 0.6 is 0 Å². The highest BCUT2D eigenvalue weighted by molar-refractivity contribution is 5.98. The minimum atomic E-state index is -1.17. The van der Waals surface area contributed by atoms with Crippen LogP contribution < -0.4 is 32.3 Å². The van der Waals surface area contributed by atoms with Gasteiger partial charge in [0, 0.05) is 57.8 Å². The smallest absolute Gasteiger partial charge is 0.336 e. The number of benzene rings is 4. The molecule has 6 amide bonds. The largest absolute Gasteiger partial charge is 0.478 e. The zero-order valence-electron chi connectivity index (χ0n) is 38.3. The predicted molar refractivity (Wildman–Crippen MR) is 256 cm³/mol. The third-order valence-corrected chi connectivity index (χ3v) is 12.2. The van der Waals surface area contributed by atoms with Gasteiger partial charge in [0.2, 0.25) is 35.4 Å². The summed E-state index contributed by atoms with van der Waals surface area (Å²) in [5, 5.41) is 33.3. The summed E-state index contributed by atoms with van der Waals surface area (Å²) < 4.78 is 5.36. The Morgan fingerprint density at radius 1 is 0.870 bits per heavy atom. The van der Waals surface area contributed by atoms with Crippen LogP contribution in [-0.2, 0) is 65.7 Å². The average molecular weight is 939 g/mol. The van der Waals surface area contributed by atoms with E-state index in [4.69, 9.17) is 10.5 Å². The Morgan fingerprint density at radius 2 is 1.61 bits per heavy atom. The van der Waals surface area contributed by atoms with Crippen LogP contribution in [0.25, 0.3) is 11.1 Å². The molecular weight excluding hydrogens is 881 g/mol. The Labute approximate surface area is 400 Å². The molecule has 0 saturated carbocycles. The number of carbonyl (C=O) groups excluding carboxylic acids is 6. The molecule has 4 aromatic carbocycles. The van der Waals surface area contributed by atoms with Crippen molar-refractivity contribution < 1.29 is 43.4 Å². The fraction of sp³-hybridized carbons (Fsp3) is 0.346. The van der Waals surface area contributed by atoms with Crippen LogP contribution in [0.1, 0.15) is 57.4 Å². The SMILES string of the molecule is N#CCc1ccc(-c2ccc(C[C@@H]3NC(=O)[C@]4(Cc5ccccc5)CCCN(C4)C(=O)/C=C/C(=O)NCC[C@@H](C(=O)NCCOCCN)NC(=O)Cc4ccccc4CNC3=O)cc2)cc1C(=O)O. The number of nitrogens with two attached hydrogens (primary N) is 1. The van der Waals surface area contributed by atoms with Crippen LogP contribution in [0.5, 0.6) is 0 Å². The summed E-state index contributed by atoms with van der Waals surface area (Å²) in [7, 11) is 0. The molecule has 17 heteroatoms. The number of hydrogen-bond acceptors (Lipinski definition) is 10. The fourth-order valence-electron chi connectivity index (χ4n) is 8.60. The fourth-order valence-corrected chi connectivity index (χ4v) is 8.60. The van der Waals surface area contributed by atoms with Gasteiger partial charge in [-0.3, -0.25) is 28.8 Å². The zero-order chi connectivity index (χ0) is 49.2. The standard InChI is InChI=1S/C52H58N8O9/c53-22-19-38-15-16-40(30-42(38)50(66)67)37-13-11-35(12-14-37)29-44-49(65)57-33-41-10-5-4-9-39(41)31-46(62)58-43(48(64)56-25-28-69-27-23-54)20-24-55-45(61)17-18-47(63)60-26-6-21-52(34-60,51(68)59-44)32-36-7-2-1-3-8-36/h1-5,7-18,30,43-44H,6,19-21,23-29,31-34,54H2,(H,55,61)(H,56,64)(H,57,65)(H,58,62)(H,59,68)(H,66,67)/b18-17+/t43-,44-,52-/m0/s1. The maximum Gasteiger partial charge on any atom is 0.336 e. The van der Waals surface area contributed by atoms with Crippen molar-refractivity contribution in [3.05, 3.63) is 143 Å². The summed E-state index contributed by atoms with van der Waals surface area (Å²) >= 11 is 0. The lowest BCUT2D eigenvalue weighted by molar-refractivity contribution is -0.141. The van der Waals surface area contributed by atoms with Gasteiger partial charge in [0.25, 0.3) is 0 Å². The minimum Gasteiger partial charge on any atom is -0.478 e. The summed E-state index contributed by atoms with van der Waals surface area (Å²) in [5.74, 6) is -4.13. The van der Waals surface area contributed by atoms with Crippen LogP contribution in [-0.4, -0.2) is 109 Å². The number of carboxylic acids is 1. The summed E-state index contributed by atoms with van der Waals surface area (Å²) in [5.41, 5.74) is 8.79. The molecule has 69 heavy (non-hydrogen) atoms. The Bertz CT molecular complexity index is 2560. The average Bonchev–Trinajstić information content (AvgIpc) is 3.35. The first-order valence-corrected chi connectivity index (χ1v) is 23.0. The maximum absolute atomic E-state index is 14.9. The van der Waals surface area contributed by atoms with Crippen LogP contribution in [0.4, 0.5) is 0 Å². The molecule has 0 spiro atoms. The van der Waals surface area contributed by atoms with Crippen LogP contribution in [0.15, 0.2) is 109 Å².